The number of hydrogen-bond donors (Lipinski definition) is 0. The van der Waals surface area contributed by atoms with E-state index in [1.165, 1.54) is 43.4 Å². The van der Waals surface area contributed by atoms with Crippen molar-refractivity contribution in [3.05, 3.63) is 69.7 Å². The molecule has 1 heterocycles. The fourth-order valence-corrected chi connectivity index (χ4v) is 7.30. The number of esters is 1. The van der Waals surface area contributed by atoms with E-state index in [-0.39, 0.29) is 24.3 Å². The maximum atomic E-state index is 13.3. The van der Waals surface area contributed by atoms with Crippen LogP contribution in [0.25, 0.3) is 0 Å². The minimum atomic E-state index is -0.482. The summed E-state index contributed by atoms with van der Waals surface area (Å²) in [6.07, 6.45) is 10.8. The van der Waals surface area contributed by atoms with E-state index in [0.29, 0.717) is 39.5 Å². The molecule has 1 aromatic carbocycles. The lowest BCUT2D eigenvalue weighted by molar-refractivity contribution is -0.144. The third kappa shape index (κ3) is 6.33. The molecule has 38 heavy (non-hydrogen) atoms. The lowest BCUT2D eigenvalue weighted by atomic mass is 9.47. The maximum absolute atomic E-state index is 13.3. The first-order chi connectivity index (χ1) is 18.0. The molecule has 2 aliphatic rings. The van der Waals surface area contributed by atoms with Crippen LogP contribution >= 0.6 is 15.9 Å². The lowest BCUT2D eigenvalue weighted by Crippen LogP contribution is -2.49. The van der Waals surface area contributed by atoms with E-state index in [9.17, 15) is 14.0 Å². The minimum Gasteiger partial charge on any atom is -0.459 e. The highest BCUT2D eigenvalue weighted by atomic mass is 79.9. The van der Waals surface area contributed by atoms with Crippen molar-refractivity contribution in [2.45, 2.75) is 78.9 Å². The second kappa shape index (κ2) is 11.6. The number of allylic oxidation sites excluding steroid dienone is 2. The second-order valence-corrected chi connectivity index (χ2v) is 12.6. The van der Waals surface area contributed by atoms with Gasteiger partial charge in [-0.3, -0.25) is 9.59 Å². The number of ether oxygens (including phenoxy) is 1. The Balaban J connectivity index is 1.33. The number of hydrogen-bond acceptors (Lipinski definition) is 5. The van der Waals surface area contributed by atoms with Crippen molar-refractivity contribution in [1.29, 1.82) is 0 Å². The molecule has 2 saturated carbocycles. The van der Waals surface area contributed by atoms with Crippen LogP contribution in [0.5, 0.6) is 0 Å². The molecule has 204 valence electrons. The van der Waals surface area contributed by atoms with Gasteiger partial charge < -0.3 is 4.74 Å². The van der Waals surface area contributed by atoms with Crippen LogP contribution in [0.4, 0.5) is 4.39 Å². The summed E-state index contributed by atoms with van der Waals surface area (Å²) in [5.74, 6) is 0.137. The van der Waals surface area contributed by atoms with Crippen molar-refractivity contribution in [3.63, 3.8) is 0 Å². The van der Waals surface area contributed by atoms with Crippen LogP contribution in [0.15, 0.2) is 52.7 Å². The van der Waals surface area contributed by atoms with E-state index in [4.69, 9.17) is 4.74 Å². The number of carbonyl (C=O) groups excluding carboxylic acids is 2. The van der Waals surface area contributed by atoms with Crippen molar-refractivity contribution in [3.8, 4) is 0 Å². The molecule has 1 aromatic heterocycles. The molecule has 2 aromatic rings. The number of fused-ring (bicyclic) bond motifs is 1. The summed E-state index contributed by atoms with van der Waals surface area (Å²) in [5, 5.41) is 8.10. The van der Waals surface area contributed by atoms with E-state index in [1.54, 1.807) is 16.9 Å². The van der Waals surface area contributed by atoms with E-state index in [1.807, 2.05) is 6.08 Å². The van der Waals surface area contributed by atoms with Crippen LogP contribution in [0.1, 0.15) is 77.0 Å². The highest BCUT2D eigenvalue weighted by Gasteiger charge is 2.52. The van der Waals surface area contributed by atoms with Crippen LogP contribution in [-0.2, 0) is 27.5 Å². The molecule has 0 radical (unpaired) electrons. The van der Waals surface area contributed by atoms with E-state index in [2.05, 4.69) is 53.6 Å². The van der Waals surface area contributed by atoms with Gasteiger partial charge in [-0.05, 0) is 78.0 Å². The van der Waals surface area contributed by atoms with Crippen molar-refractivity contribution in [2.75, 3.05) is 0 Å². The molecule has 1 unspecified atom stereocenters. The Morgan fingerprint density at radius 1 is 1.32 bits per heavy atom. The summed E-state index contributed by atoms with van der Waals surface area (Å²) >= 11 is 3.35. The number of aldehydes is 1. The van der Waals surface area contributed by atoms with Crippen LogP contribution in [0.2, 0.25) is 0 Å². The van der Waals surface area contributed by atoms with Gasteiger partial charge in [0.2, 0.25) is 0 Å². The lowest BCUT2D eigenvalue weighted by Gasteiger charge is -2.58. The Hall–Kier alpha value is -2.61. The second-order valence-electron chi connectivity index (χ2n) is 11.8. The molecule has 0 N–H and O–H groups in total. The molecule has 0 aliphatic heterocycles. The number of nitrogens with zero attached hydrogens (tertiary/aromatic N) is 3. The molecule has 8 heteroatoms. The third-order valence-electron chi connectivity index (χ3n) is 8.75. The molecule has 0 saturated heterocycles. The van der Waals surface area contributed by atoms with Crippen LogP contribution in [0, 0.1) is 28.5 Å². The fourth-order valence-electron chi connectivity index (χ4n) is 6.82. The highest BCUT2D eigenvalue weighted by Crippen LogP contribution is 2.61. The van der Waals surface area contributed by atoms with Crippen molar-refractivity contribution < 1.29 is 18.7 Å². The fraction of sp³-hybridized carbons (Fsp3) is 0.533. The van der Waals surface area contributed by atoms with E-state index >= 15 is 0 Å². The molecular formula is C30H37BrFN3O3. The van der Waals surface area contributed by atoms with Gasteiger partial charge in [-0.2, -0.15) is 0 Å². The first-order valence-corrected chi connectivity index (χ1v) is 14.1. The molecule has 3 atom stereocenters. The number of carbonyl (C=O) groups is 2. The third-order valence-corrected chi connectivity index (χ3v) is 9.49. The molecule has 0 bridgehead atoms. The minimum absolute atomic E-state index is 0.0379. The van der Waals surface area contributed by atoms with Gasteiger partial charge in [-0.1, -0.05) is 72.6 Å². The molecule has 6 nitrogen and oxygen atoms in total. The summed E-state index contributed by atoms with van der Waals surface area (Å²) < 4.78 is 20.9. The average molecular weight is 587 g/mol. The predicted molar refractivity (Wildman–Crippen MR) is 147 cm³/mol. The zero-order valence-electron chi connectivity index (χ0n) is 22.5. The smallest absolute Gasteiger partial charge is 0.310 e. The SMILES string of the molecule is C=C1CC[C@H]2C(C)(C)CCC[C@]2(C)C1C/C=C(/C=O)CC(=O)OCc1cn(Cc2ccc(F)cc2Br)nn1. The molecule has 0 amide bonds. The molecule has 4 rings (SSSR count). The van der Waals surface area contributed by atoms with Gasteiger partial charge in [-0.15, -0.1) is 5.10 Å². The Morgan fingerprint density at radius 3 is 2.84 bits per heavy atom. The van der Waals surface area contributed by atoms with E-state index < -0.39 is 5.97 Å². The normalized spacial score (nSPS) is 25.1. The van der Waals surface area contributed by atoms with Gasteiger partial charge in [0.1, 0.15) is 24.4 Å². The van der Waals surface area contributed by atoms with Crippen molar-refractivity contribution in [1.82, 2.24) is 15.0 Å². The van der Waals surface area contributed by atoms with Crippen LogP contribution in [0.3, 0.4) is 0 Å². The average Bonchev–Trinajstić information content (AvgIpc) is 3.30. The molecular weight excluding hydrogens is 549 g/mol. The number of halogens is 2. The first kappa shape index (κ1) is 28.4. The number of benzene rings is 1. The summed E-state index contributed by atoms with van der Waals surface area (Å²) in [7, 11) is 0. The zero-order valence-corrected chi connectivity index (χ0v) is 24.1. The Morgan fingerprint density at radius 2 is 2.11 bits per heavy atom. The van der Waals surface area contributed by atoms with Crippen molar-refractivity contribution >= 4 is 28.2 Å². The van der Waals surface area contributed by atoms with Gasteiger partial charge in [0, 0.05) is 4.47 Å². The number of rotatable bonds is 9. The Bertz CT molecular complexity index is 1240. The van der Waals surface area contributed by atoms with Crippen LogP contribution < -0.4 is 0 Å². The monoisotopic (exact) mass is 585 g/mol. The van der Waals surface area contributed by atoms with Gasteiger partial charge in [-0.25, -0.2) is 9.07 Å². The summed E-state index contributed by atoms with van der Waals surface area (Å²) in [6.45, 7) is 11.9. The van der Waals surface area contributed by atoms with Crippen molar-refractivity contribution in [2.24, 2.45) is 22.7 Å². The maximum Gasteiger partial charge on any atom is 0.310 e. The first-order valence-electron chi connectivity index (χ1n) is 13.3. The predicted octanol–water partition coefficient (Wildman–Crippen LogP) is 6.98. The van der Waals surface area contributed by atoms with Gasteiger partial charge >= 0.3 is 5.97 Å². The summed E-state index contributed by atoms with van der Waals surface area (Å²) in [6, 6.07) is 4.45. The van der Waals surface area contributed by atoms with E-state index in [0.717, 1.165) is 24.7 Å². The summed E-state index contributed by atoms with van der Waals surface area (Å²) in [5.41, 5.74) is 3.51. The Kier molecular flexibility index (Phi) is 8.70. The van der Waals surface area contributed by atoms with Gasteiger partial charge in [0.25, 0.3) is 0 Å². The molecule has 0 spiro atoms. The zero-order chi connectivity index (χ0) is 27.5. The Labute approximate surface area is 232 Å². The molecule has 2 fully saturated rings. The van der Waals surface area contributed by atoms with Gasteiger partial charge in [0.15, 0.2) is 0 Å². The quantitative estimate of drug-likeness (QED) is 0.137. The van der Waals surface area contributed by atoms with Gasteiger partial charge in [0.05, 0.1) is 19.2 Å². The molecule has 2 aliphatic carbocycles. The number of aromatic nitrogens is 3. The van der Waals surface area contributed by atoms with Crippen LogP contribution in [-0.4, -0.2) is 27.2 Å². The topological polar surface area (TPSA) is 74.1 Å². The largest absolute Gasteiger partial charge is 0.459 e. The highest BCUT2D eigenvalue weighted by molar-refractivity contribution is 9.10. The summed E-state index contributed by atoms with van der Waals surface area (Å²) in [4.78, 5) is 24.3. The standard InChI is InChI=1S/C30H37BrFN3O3/c1-20-6-11-27-29(2,3)12-5-13-30(27,4)25(20)10-7-21(18-36)14-28(37)38-19-24-17-35(34-33-24)16-22-8-9-23(32)15-26(22)31/h7-9,15,17-18,25,27H,1,5-6,10-14,16,19H2,2-4H3/b21-7+/t25?,27-,30+/m0/s1.